The van der Waals surface area contributed by atoms with Gasteiger partial charge in [-0.2, -0.15) is 4.98 Å². The molecule has 0 radical (unpaired) electrons. The summed E-state index contributed by atoms with van der Waals surface area (Å²) in [7, 11) is 0. The van der Waals surface area contributed by atoms with Crippen molar-refractivity contribution < 1.29 is 4.52 Å². The van der Waals surface area contributed by atoms with Crippen molar-refractivity contribution in [3.8, 4) is 0 Å². The van der Waals surface area contributed by atoms with Crippen LogP contribution in [0.2, 0.25) is 0 Å². The molecule has 0 aliphatic heterocycles. The standard InChI is InChI=1S/C12H11N5O2/c18-12-8-3-1-2-4-9(8)15-11(16-12)6-13-5-10-14-7-19-17-10/h1-4,7,13H,5-6H2,(H,15,16,18). The Morgan fingerprint density at radius 1 is 1.26 bits per heavy atom. The van der Waals surface area contributed by atoms with Gasteiger partial charge in [0.05, 0.1) is 24.0 Å². The largest absolute Gasteiger partial charge is 0.343 e. The maximum absolute atomic E-state index is 11.8. The molecular weight excluding hydrogens is 246 g/mol. The Labute approximate surface area is 107 Å². The van der Waals surface area contributed by atoms with Gasteiger partial charge in [-0.1, -0.05) is 17.3 Å². The topological polar surface area (TPSA) is 96.7 Å². The van der Waals surface area contributed by atoms with Crippen molar-refractivity contribution in [1.29, 1.82) is 0 Å². The van der Waals surface area contributed by atoms with E-state index in [9.17, 15) is 4.79 Å². The highest BCUT2D eigenvalue weighted by atomic mass is 16.5. The lowest BCUT2D eigenvalue weighted by molar-refractivity contribution is 0.407. The molecule has 7 heteroatoms. The molecule has 7 nitrogen and oxygen atoms in total. The zero-order chi connectivity index (χ0) is 13.1. The number of hydrogen-bond donors (Lipinski definition) is 2. The average Bonchev–Trinajstić information content (AvgIpc) is 2.92. The van der Waals surface area contributed by atoms with Gasteiger partial charge in [-0.15, -0.1) is 0 Å². The van der Waals surface area contributed by atoms with Gasteiger partial charge < -0.3 is 14.8 Å². The van der Waals surface area contributed by atoms with Crippen LogP contribution in [0.4, 0.5) is 0 Å². The minimum absolute atomic E-state index is 0.137. The number of fused-ring (bicyclic) bond motifs is 1. The zero-order valence-electron chi connectivity index (χ0n) is 9.96. The summed E-state index contributed by atoms with van der Waals surface area (Å²) in [5.74, 6) is 1.13. The number of hydrogen-bond acceptors (Lipinski definition) is 6. The summed E-state index contributed by atoms with van der Waals surface area (Å²) < 4.78 is 4.62. The van der Waals surface area contributed by atoms with Gasteiger partial charge in [-0.3, -0.25) is 4.79 Å². The van der Waals surface area contributed by atoms with E-state index < -0.39 is 0 Å². The number of aromatic nitrogens is 4. The molecule has 0 amide bonds. The lowest BCUT2D eigenvalue weighted by atomic mass is 10.2. The number of aromatic amines is 1. The van der Waals surface area contributed by atoms with Crippen molar-refractivity contribution in [3.63, 3.8) is 0 Å². The zero-order valence-corrected chi connectivity index (χ0v) is 9.96. The van der Waals surface area contributed by atoms with Gasteiger partial charge in [-0.25, -0.2) is 4.98 Å². The molecule has 0 bridgehead atoms. The summed E-state index contributed by atoms with van der Waals surface area (Å²) >= 11 is 0. The number of nitrogens with one attached hydrogen (secondary N) is 2. The van der Waals surface area contributed by atoms with Crippen molar-refractivity contribution in [2.45, 2.75) is 13.1 Å². The SMILES string of the molecule is O=c1[nH]c(CNCc2ncon2)nc2ccccc12. The second-order valence-electron chi connectivity index (χ2n) is 3.98. The lowest BCUT2D eigenvalue weighted by Gasteiger charge is -2.03. The van der Waals surface area contributed by atoms with Crippen LogP contribution in [0.15, 0.2) is 40.0 Å². The number of rotatable bonds is 4. The Morgan fingerprint density at radius 3 is 3.00 bits per heavy atom. The highest BCUT2D eigenvalue weighted by molar-refractivity contribution is 5.77. The molecule has 0 atom stereocenters. The fraction of sp³-hybridized carbons (Fsp3) is 0.167. The van der Waals surface area contributed by atoms with Crippen molar-refractivity contribution in [2.24, 2.45) is 0 Å². The fourth-order valence-electron chi connectivity index (χ4n) is 1.78. The molecule has 19 heavy (non-hydrogen) atoms. The van der Waals surface area contributed by atoms with E-state index in [2.05, 4.69) is 29.9 Å². The van der Waals surface area contributed by atoms with E-state index in [-0.39, 0.29) is 5.56 Å². The molecule has 3 rings (SSSR count). The summed E-state index contributed by atoms with van der Waals surface area (Å²) in [5.41, 5.74) is 0.546. The molecule has 0 saturated heterocycles. The maximum atomic E-state index is 11.8. The van der Waals surface area contributed by atoms with Gasteiger partial charge in [0.25, 0.3) is 5.56 Å². The third-order valence-corrected chi connectivity index (χ3v) is 2.64. The third kappa shape index (κ3) is 2.50. The molecule has 96 valence electrons. The average molecular weight is 257 g/mol. The Hall–Kier alpha value is -2.54. The number of para-hydroxylation sites is 1. The van der Waals surface area contributed by atoms with Crippen LogP contribution in [0.25, 0.3) is 10.9 Å². The summed E-state index contributed by atoms with van der Waals surface area (Å²) in [6.07, 6.45) is 1.27. The fourth-order valence-corrected chi connectivity index (χ4v) is 1.78. The molecule has 1 aromatic carbocycles. The Bertz CT molecular complexity index is 735. The Kier molecular flexibility index (Phi) is 3.03. The van der Waals surface area contributed by atoms with Crippen LogP contribution in [0.1, 0.15) is 11.6 Å². The van der Waals surface area contributed by atoms with Gasteiger partial charge in [0.2, 0.25) is 6.39 Å². The predicted octanol–water partition coefficient (Wildman–Crippen LogP) is 0.596. The minimum atomic E-state index is -0.137. The normalized spacial score (nSPS) is 10.9. The first kappa shape index (κ1) is 11.5. The molecule has 2 heterocycles. The maximum Gasteiger partial charge on any atom is 0.258 e. The van der Waals surface area contributed by atoms with Crippen molar-refractivity contribution >= 4 is 10.9 Å². The lowest BCUT2D eigenvalue weighted by Crippen LogP contribution is -2.19. The second-order valence-corrected chi connectivity index (χ2v) is 3.98. The van der Waals surface area contributed by atoms with Gasteiger partial charge in [0.1, 0.15) is 5.82 Å². The highest BCUT2D eigenvalue weighted by Crippen LogP contribution is 2.05. The summed E-state index contributed by atoms with van der Waals surface area (Å²) in [5, 5.41) is 7.34. The van der Waals surface area contributed by atoms with Crippen LogP contribution in [0.5, 0.6) is 0 Å². The molecule has 2 N–H and O–H groups in total. The van der Waals surface area contributed by atoms with Gasteiger partial charge in [0, 0.05) is 0 Å². The van der Waals surface area contributed by atoms with Crippen LogP contribution in [0.3, 0.4) is 0 Å². The minimum Gasteiger partial charge on any atom is -0.343 e. The molecule has 0 aliphatic carbocycles. The van der Waals surface area contributed by atoms with Crippen molar-refractivity contribution in [3.05, 3.63) is 52.7 Å². The molecule has 0 fully saturated rings. The molecule has 0 spiro atoms. The third-order valence-electron chi connectivity index (χ3n) is 2.64. The van der Waals surface area contributed by atoms with Crippen LogP contribution >= 0.6 is 0 Å². The van der Waals surface area contributed by atoms with E-state index in [0.717, 1.165) is 0 Å². The highest BCUT2D eigenvalue weighted by Gasteiger charge is 2.03. The van der Waals surface area contributed by atoms with Crippen LogP contribution in [-0.4, -0.2) is 20.1 Å². The predicted molar refractivity (Wildman–Crippen MR) is 67.2 cm³/mol. The summed E-state index contributed by atoms with van der Waals surface area (Å²) in [6.45, 7) is 0.877. The first-order valence-electron chi connectivity index (χ1n) is 5.77. The molecule has 0 saturated carbocycles. The van der Waals surface area contributed by atoms with Gasteiger partial charge in [0.15, 0.2) is 5.82 Å². The van der Waals surface area contributed by atoms with E-state index in [1.807, 2.05) is 18.2 Å². The number of benzene rings is 1. The van der Waals surface area contributed by atoms with Gasteiger partial charge in [-0.05, 0) is 12.1 Å². The van der Waals surface area contributed by atoms with Crippen LogP contribution in [0, 0.1) is 0 Å². The Morgan fingerprint density at radius 2 is 2.16 bits per heavy atom. The van der Waals surface area contributed by atoms with Crippen LogP contribution in [-0.2, 0) is 13.1 Å². The quantitative estimate of drug-likeness (QED) is 0.710. The monoisotopic (exact) mass is 257 g/mol. The van der Waals surface area contributed by atoms with Gasteiger partial charge >= 0.3 is 0 Å². The van der Waals surface area contributed by atoms with Crippen LogP contribution < -0.4 is 10.9 Å². The number of nitrogens with zero attached hydrogens (tertiary/aromatic N) is 3. The molecule has 0 aliphatic rings. The van der Waals surface area contributed by atoms with E-state index in [0.29, 0.717) is 35.6 Å². The number of H-pyrrole nitrogens is 1. The first-order chi connectivity index (χ1) is 9.33. The van der Waals surface area contributed by atoms with E-state index in [1.54, 1.807) is 6.07 Å². The van der Waals surface area contributed by atoms with E-state index >= 15 is 0 Å². The van der Waals surface area contributed by atoms with Crippen molar-refractivity contribution in [2.75, 3.05) is 0 Å². The summed E-state index contributed by atoms with van der Waals surface area (Å²) in [4.78, 5) is 22.8. The van der Waals surface area contributed by atoms with Crippen molar-refractivity contribution in [1.82, 2.24) is 25.4 Å². The molecule has 3 aromatic rings. The smallest absolute Gasteiger partial charge is 0.258 e. The molecule has 0 unspecified atom stereocenters. The second kappa shape index (κ2) is 4.99. The summed E-state index contributed by atoms with van der Waals surface area (Å²) in [6, 6.07) is 7.23. The molecule has 2 aromatic heterocycles. The van der Waals surface area contributed by atoms with E-state index in [4.69, 9.17) is 0 Å². The first-order valence-corrected chi connectivity index (χ1v) is 5.77. The van der Waals surface area contributed by atoms with E-state index in [1.165, 1.54) is 6.39 Å². The molecular formula is C12H11N5O2. The Balaban J connectivity index is 1.76.